The molecular weight excluding hydrogens is 367 g/mol. The van der Waals surface area contributed by atoms with Gasteiger partial charge in [-0.2, -0.15) is 0 Å². The lowest BCUT2D eigenvalue weighted by molar-refractivity contribution is 0.628. The summed E-state index contributed by atoms with van der Waals surface area (Å²) in [7, 11) is 0. The van der Waals surface area contributed by atoms with Gasteiger partial charge in [-0.05, 0) is 80.6 Å². The highest BCUT2D eigenvalue weighted by atomic mass is 19.1. The smallest absolute Gasteiger partial charge is 0.227 e. The highest BCUT2D eigenvalue weighted by molar-refractivity contribution is 5.64. The van der Waals surface area contributed by atoms with Crippen molar-refractivity contribution in [1.82, 2.24) is 20.2 Å². The second-order valence-electron chi connectivity index (χ2n) is 6.61. The van der Waals surface area contributed by atoms with Crippen LogP contribution in [0.4, 0.5) is 27.5 Å². The van der Waals surface area contributed by atoms with Crippen LogP contribution in [0.5, 0.6) is 0 Å². The second-order valence-corrected chi connectivity index (χ2v) is 6.61. The quantitative estimate of drug-likeness (QED) is 0.492. The molecule has 0 fully saturated rings. The van der Waals surface area contributed by atoms with E-state index in [1.54, 1.807) is 12.1 Å². The maximum Gasteiger partial charge on any atom is 0.227 e. The van der Waals surface area contributed by atoms with Gasteiger partial charge in [-0.1, -0.05) is 0 Å². The number of aryl methyl sites for hydroxylation is 2. The monoisotopic (exact) mass is 386 g/mol. The molecule has 4 aromatic rings. The summed E-state index contributed by atoms with van der Waals surface area (Å²) in [6.45, 7) is 3.88. The molecule has 2 heterocycles. The molecular formula is C22H19FN6. The standard InChI is InChI=1S/C22H19FN6/c1-14-13-15(2)25-22(24-14)27-19-9-7-18(8-10-19)26-21-12-11-20(28-29-21)16-3-5-17(23)6-4-16/h3-13H,1-2H3,(H,26,29)(H,24,25,27). The Balaban J connectivity index is 1.42. The maximum atomic E-state index is 13.0. The van der Waals surface area contributed by atoms with E-state index in [1.165, 1.54) is 12.1 Å². The molecule has 0 aliphatic heterocycles. The first kappa shape index (κ1) is 18.5. The Morgan fingerprint density at radius 2 is 1.31 bits per heavy atom. The first-order chi connectivity index (χ1) is 14.0. The van der Waals surface area contributed by atoms with Crippen molar-refractivity contribution in [1.29, 1.82) is 0 Å². The van der Waals surface area contributed by atoms with E-state index in [-0.39, 0.29) is 5.82 Å². The van der Waals surface area contributed by atoms with Crippen molar-refractivity contribution in [3.63, 3.8) is 0 Å². The Labute approximate surface area is 167 Å². The van der Waals surface area contributed by atoms with Gasteiger partial charge in [0, 0.05) is 28.3 Å². The Hall–Kier alpha value is -3.87. The fourth-order valence-electron chi connectivity index (χ4n) is 2.87. The van der Waals surface area contributed by atoms with Gasteiger partial charge >= 0.3 is 0 Å². The van der Waals surface area contributed by atoms with Crippen LogP contribution < -0.4 is 10.6 Å². The average molecular weight is 386 g/mol. The number of halogens is 1. The predicted octanol–water partition coefficient (Wildman–Crippen LogP) is 5.18. The average Bonchev–Trinajstić information content (AvgIpc) is 2.70. The van der Waals surface area contributed by atoms with Gasteiger partial charge < -0.3 is 10.6 Å². The minimum atomic E-state index is -0.276. The molecule has 0 aliphatic carbocycles. The number of hydrogen-bond acceptors (Lipinski definition) is 6. The third-order valence-electron chi connectivity index (χ3n) is 4.20. The van der Waals surface area contributed by atoms with Crippen molar-refractivity contribution in [2.24, 2.45) is 0 Å². The van der Waals surface area contributed by atoms with E-state index in [9.17, 15) is 4.39 Å². The van der Waals surface area contributed by atoms with Crippen molar-refractivity contribution in [3.05, 3.63) is 83.9 Å². The third-order valence-corrected chi connectivity index (χ3v) is 4.20. The summed E-state index contributed by atoms with van der Waals surface area (Å²) >= 11 is 0. The van der Waals surface area contributed by atoms with Gasteiger partial charge in [0.2, 0.25) is 5.95 Å². The van der Waals surface area contributed by atoms with Crippen LogP contribution in [-0.2, 0) is 0 Å². The first-order valence-corrected chi connectivity index (χ1v) is 9.11. The molecule has 0 amide bonds. The summed E-state index contributed by atoms with van der Waals surface area (Å²) in [5.41, 5.74) is 5.10. The largest absolute Gasteiger partial charge is 0.339 e. The van der Waals surface area contributed by atoms with Crippen molar-refractivity contribution >= 4 is 23.1 Å². The molecule has 29 heavy (non-hydrogen) atoms. The summed E-state index contributed by atoms with van der Waals surface area (Å²) < 4.78 is 13.0. The van der Waals surface area contributed by atoms with Crippen molar-refractivity contribution in [3.8, 4) is 11.3 Å². The fourth-order valence-corrected chi connectivity index (χ4v) is 2.87. The highest BCUT2D eigenvalue weighted by Gasteiger charge is 2.04. The summed E-state index contributed by atoms with van der Waals surface area (Å²) in [5, 5.41) is 14.8. The van der Waals surface area contributed by atoms with E-state index in [0.717, 1.165) is 28.3 Å². The van der Waals surface area contributed by atoms with Gasteiger partial charge in [-0.3, -0.25) is 0 Å². The number of benzene rings is 2. The molecule has 0 saturated heterocycles. The van der Waals surface area contributed by atoms with Crippen LogP contribution in [0.1, 0.15) is 11.4 Å². The molecule has 0 saturated carbocycles. The normalized spacial score (nSPS) is 10.6. The molecule has 0 radical (unpaired) electrons. The van der Waals surface area contributed by atoms with Gasteiger partial charge in [0.25, 0.3) is 0 Å². The molecule has 2 aromatic carbocycles. The minimum Gasteiger partial charge on any atom is -0.339 e. The van der Waals surface area contributed by atoms with Crippen LogP contribution in [0.3, 0.4) is 0 Å². The van der Waals surface area contributed by atoms with Gasteiger partial charge in [-0.15, -0.1) is 10.2 Å². The van der Waals surface area contributed by atoms with Crippen molar-refractivity contribution in [2.75, 3.05) is 10.6 Å². The van der Waals surface area contributed by atoms with Crippen LogP contribution in [0.15, 0.2) is 66.7 Å². The predicted molar refractivity (Wildman–Crippen MR) is 112 cm³/mol. The lowest BCUT2D eigenvalue weighted by Crippen LogP contribution is -2.00. The van der Waals surface area contributed by atoms with Crippen molar-refractivity contribution < 1.29 is 4.39 Å². The van der Waals surface area contributed by atoms with Crippen LogP contribution in [-0.4, -0.2) is 20.2 Å². The van der Waals surface area contributed by atoms with Crippen LogP contribution in [0.25, 0.3) is 11.3 Å². The fraction of sp³-hybridized carbons (Fsp3) is 0.0909. The van der Waals surface area contributed by atoms with Crippen LogP contribution in [0, 0.1) is 19.7 Å². The van der Waals surface area contributed by atoms with E-state index in [4.69, 9.17) is 0 Å². The molecule has 6 nitrogen and oxygen atoms in total. The van der Waals surface area contributed by atoms with Gasteiger partial charge in [0.15, 0.2) is 5.82 Å². The number of anilines is 4. The molecule has 0 aliphatic rings. The molecule has 0 unspecified atom stereocenters. The summed E-state index contributed by atoms with van der Waals surface area (Å²) in [6.07, 6.45) is 0. The third kappa shape index (κ3) is 4.70. The van der Waals surface area contributed by atoms with Gasteiger partial charge in [0.1, 0.15) is 5.82 Å². The van der Waals surface area contributed by atoms with E-state index in [2.05, 4.69) is 30.8 Å². The molecule has 144 valence electrons. The number of rotatable bonds is 5. The Bertz CT molecular complexity index is 1090. The molecule has 2 aromatic heterocycles. The molecule has 4 rings (SSSR count). The Morgan fingerprint density at radius 1 is 0.690 bits per heavy atom. The highest BCUT2D eigenvalue weighted by Crippen LogP contribution is 2.21. The molecule has 2 N–H and O–H groups in total. The minimum absolute atomic E-state index is 0.276. The van der Waals surface area contributed by atoms with Crippen molar-refractivity contribution in [2.45, 2.75) is 13.8 Å². The summed E-state index contributed by atoms with van der Waals surface area (Å²) in [6, 6.07) is 19.5. The molecule has 0 atom stereocenters. The first-order valence-electron chi connectivity index (χ1n) is 9.11. The SMILES string of the molecule is Cc1cc(C)nc(Nc2ccc(Nc3ccc(-c4ccc(F)cc4)nn3)cc2)n1. The number of nitrogens with zero attached hydrogens (tertiary/aromatic N) is 4. The lowest BCUT2D eigenvalue weighted by Gasteiger charge is -2.09. The maximum absolute atomic E-state index is 13.0. The van der Waals surface area contributed by atoms with E-state index in [1.807, 2.05) is 56.3 Å². The molecule has 7 heteroatoms. The van der Waals surface area contributed by atoms with E-state index in [0.29, 0.717) is 17.5 Å². The number of hydrogen-bond donors (Lipinski definition) is 2. The van der Waals surface area contributed by atoms with E-state index < -0.39 is 0 Å². The van der Waals surface area contributed by atoms with E-state index >= 15 is 0 Å². The molecule has 0 bridgehead atoms. The Kier molecular flexibility index (Phi) is 5.11. The zero-order valence-electron chi connectivity index (χ0n) is 16.0. The van der Waals surface area contributed by atoms with Crippen LogP contribution >= 0.6 is 0 Å². The summed E-state index contributed by atoms with van der Waals surface area (Å²) in [5.74, 6) is 0.918. The van der Waals surface area contributed by atoms with Gasteiger partial charge in [0.05, 0.1) is 5.69 Å². The topological polar surface area (TPSA) is 75.6 Å². The Morgan fingerprint density at radius 3 is 1.90 bits per heavy atom. The number of aromatic nitrogens is 4. The van der Waals surface area contributed by atoms with Gasteiger partial charge in [-0.25, -0.2) is 14.4 Å². The molecule has 0 spiro atoms. The lowest BCUT2D eigenvalue weighted by atomic mass is 10.1. The van der Waals surface area contributed by atoms with Crippen LogP contribution in [0.2, 0.25) is 0 Å². The second kappa shape index (κ2) is 8.02. The zero-order chi connectivity index (χ0) is 20.2. The summed E-state index contributed by atoms with van der Waals surface area (Å²) in [4.78, 5) is 8.76. The number of nitrogens with one attached hydrogen (secondary N) is 2. The zero-order valence-corrected chi connectivity index (χ0v) is 16.0.